The molecule has 0 bridgehead atoms. The van der Waals surface area contributed by atoms with Crippen LogP contribution in [0.5, 0.6) is 17.2 Å². The predicted octanol–water partition coefficient (Wildman–Crippen LogP) is 3.71. The number of benzene rings is 2. The van der Waals surface area contributed by atoms with Gasteiger partial charge in [-0.05, 0) is 24.3 Å². The van der Waals surface area contributed by atoms with E-state index >= 15 is 0 Å². The summed E-state index contributed by atoms with van der Waals surface area (Å²) < 4.78 is 10.3. The molecule has 0 saturated heterocycles. The van der Waals surface area contributed by atoms with Gasteiger partial charge in [-0.15, -0.1) is 0 Å². The van der Waals surface area contributed by atoms with Crippen molar-refractivity contribution in [2.75, 3.05) is 14.2 Å². The average Bonchev–Trinajstić information content (AvgIpc) is 2.60. The molecule has 5 heteroatoms. The summed E-state index contributed by atoms with van der Waals surface area (Å²) in [5.41, 5.74) is 1.61. The first-order chi connectivity index (χ1) is 11.2. The Bertz CT molecular complexity index is 845. The van der Waals surface area contributed by atoms with E-state index in [4.69, 9.17) is 9.47 Å². The zero-order chi connectivity index (χ0) is 16.2. The molecule has 1 N–H and O–H groups in total. The fourth-order valence-electron chi connectivity index (χ4n) is 2.35. The molecule has 1 aromatic heterocycles. The number of fused-ring (bicyclic) bond motifs is 1. The standard InChI is InChI=1S/C18H16N2O3/c1-22-16-8-12(9-17(23-2)18(16)21)10-20-15-5-3-4-13-11-19-7-6-14(13)15/h3-11,21H,1-2H3. The summed E-state index contributed by atoms with van der Waals surface area (Å²) in [6.45, 7) is 0. The third kappa shape index (κ3) is 2.94. The molecule has 0 aliphatic heterocycles. The lowest BCUT2D eigenvalue weighted by Crippen LogP contribution is -1.92. The van der Waals surface area contributed by atoms with E-state index < -0.39 is 0 Å². The number of rotatable bonds is 4. The van der Waals surface area contributed by atoms with Crippen molar-refractivity contribution in [2.24, 2.45) is 4.99 Å². The molecule has 2 aromatic carbocycles. The molecule has 3 aromatic rings. The summed E-state index contributed by atoms with van der Waals surface area (Å²) in [5.74, 6) is 0.657. The van der Waals surface area contributed by atoms with E-state index in [0.717, 1.165) is 22.0 Å². The molecule has 0 radical (unpaired) electrons. The van der Waals surface area contributed by atoms with Crippen LogP contribution in [0.25, 0.3) is 10.8 Å². The second-order valence-electron chi connectivity index (χ2n) is 4.91. The summed E-state index contributed by atoms with van der Waals surface area (Å²) >= 11 is 0. The minimum atomic E-state index is -0.0246. The molecule has 0 aliphatic rings. The van der Waals surface area contributed by atoms with Crippen molar-refractivity contribution < 1.29 is 14.6 Å². The van der Waals surface area contributed by atoms with Gasteiger partial charge in [0.1, 0.15) is 0 Å². The molecule has 0 unspecified atom stereocenters. The van der Waals surface area contributed by atoms with Gasteiger partial charge < -0.3 is 14.6 Å². The Hall–Kier alpha value is -3.08. The zero-order valence-electron chi connectivity index (χ0n) is 12.9. The fourth-order valence-corrected chi connectivity index (χ4v) is 2.35. The molecule has 0 saturated carbocycles. The van der Waals surface area contributed by atoms with E-state index in [9.17, 15) is 5.11 Å². The number of aliphatic imine (C=N–C) groups is 1. The number of aromatic hydroxyl groups is 1. The Morgan fingerprint density at radius 3 is 2.52 bits per heavy atom. The van der Waals surface area contributed by atoms with Gasteiger partial charge in [-0.2, -0.15) is 0 Å². The van der Waals surface area contributed by atoms with E-state index in [0.29, 0.717) is 11.5 Å². The van der Waals surface area contributed by atoms with Crippen LogP contribution >= 0.6 is 0 Å². The molecule has 0 spiro atoms. The van der Waals surface area contributed by atoms with Crippen LogP contribution in [-0.4, -0.2) is 30.5 Å². The van der Waals surface area contributed by atoms with E-state index in [1.165, 1.54) is 14.2 Å². The quantitative estimate of drug-likeness (QED) is 0.746. The third-order valence-corrected chi connectivity index (χ3v) is 3.51. The number of phenols is 1. The summed E-state index contributed by atoms with van der Waals surface area (Å²) in [4.78, 5) is 8.65. The number of ether oxygens (including phenoxy) is 2. The van der Waals surface area contributed by atoms with Crippen LogP contribution in [-0.2, 0) is 0 Å². The van der Waals surface area contributed by atoms with Crippen molar-refractivity contribution in [3.63, 3.8) is 0 Å². The highest BCUT2D eigenvalue weighted by atomic mass is 16.5. The Morgan fingerprint density at radius 2 is 1.83 bits per heavy atom. The molecule has 116 valence electrons. The third-order valence-electron chi connectivity index (χ3n) is 3.51. The molecule has 5 nitrogen and oxygen atoms in total. The van der Waals surface area contributed by atoms with E-state index in [-0.39, 0.29) is 5.75 Å². The average molecular weight is 308 g/mol. The van der Waals surface area contributed by atoms with Crippen molar-refractivity contribution in [2.45, 2.75) is 0 Å². The molecule has 0 fully saturated rings. The van der Waals surface area contributed by atoms with Crippen LogP contribution in [0.15, 0.2) is 53.8 Å². The predicted molar refractivity (Wildman–Crippen MR) is 90.2 cm³/mol. The minimum absolute atomic E-state index is 0.0246. The number of pyridine rings is 1. The van der Waals surface area contributed by atoms with Crippen LogP contribution in [0.3, 0.4) is 0 Å². The minimum Gasteiger partial charge on any atom is -0.502 e. The van der Waals surface area contributed by atoms with E-state index in [1.807, 2.05) is 24.3 Å². The Kier molecular flexibility index (Phi) is 4.10. The zero-order valence-corrected chi connectivity index (χ0v) is 12.9. The highest BCUT2D eigenvalue weighted by Crippen LogP contribution is 2.36. The maximum atomic E-state index is 9.94. The van der Waals surface area contributed by atoms with Crippen LogP contribution in [0.1, 0.15) is 5.56 Å². The normalized spacial score (nSPS) is 11.0. The van der Waals surface area contributed by atoms with Gasteiger partial charge in [0.05, 0.1) is 19.9 Å². The molecule has 3 rings (SSSR count). The summed E-state index contributed by atoms with van der Waals surface area (Å²) in [6.07, 6.45) is 5.26. The smallest absolute Gasteiger partial charge is 0.200 e. The molecular weight excluding hydrogens is 292 g/mol. The monoisotopic (exact) mass is 308 g/mol. The first-order valence-electron chi connectivity index (χ1n) is 7.04. The maximum Gasteiger partial charge on any atom is 0.200 e. The van der Waals surface area contributed by atoms with Crippen LogP contribution in [0, 0.1) is 0 Å². The van der Waals surface area contributed by atoms with Gasteiger partial charge in [-0.25, -0.2) is 0 Å². The van der Waals surface area contributed by atoms with Gasteiger partial charge in [0.15, 0.2) is 11.5 Å². The lowest BCUT2D eigenvalue weighted by atomic mass is 10.1. The topological polar surface area (TPSA) is 63.9 Å². The molecule has 0 aliphatic carbocycles. The lowest BCUT2D eigenvalue weighted by Gasteiger charge is -2.09. The van der Waals surface area contributed by atoms with Gasteiger partial charge >= 0.3 is 0 Å². The number of aromatic nitrogens is 1. The summed E-state index contributed by atoms with van der Waals surface area (Å²) in [7, 11) is 2.99. The van der Waals surface area contributed by atoms with Gasteiger partial charge in [-0.3, -0.25) is 9.98 Å². The second kappa shape index (κ2) is 6.36. The number of nitrogens with zero attached hydrogens (tertiary/aromatic N) is 2. The van der Waals surface area contributed by atoms with Crippen LogP contribution in [0.2, 0.25) is 0 Å². The van der Waals surface area contributed by atoms with E-state index in [1.54, 1.807) is 30.7 Å². The van der Waals surface area contributed by atoms with Crippen LogP contribution < -0.4 is 9.47 Å². The summed E-state index contributed by atoms with van der Waals surface area (Å²) in [6, 6.07) is 11.2. The van der Waals surface area contributed by atoms with Gasteiger partial charge in [0.2, 0.25) is 5.75 Å². The molecular formula is C18H16N2O3. The Labute approximate surface area is 133 Å². The first kappa shape index (κ1) is 14.8. The highest BCUT2D eigenvalue weighted by molar-refractivity contribution is 5.95. The molecule has 0 atom stereocenters. The lowest BCUT2D eigenvalue weighted by molar-refractivity contribution is 0.340. The fraction of sp³-hybridized carbons (Fsp3) is 0.111. The Morgan fingerprint density at radius 1 is 1.09 bits per heavy atom. The van der Waals surface area contributed by atoms with Crippen molar-refractivity contribution in [3.8, 4) is 17.2 Å². The second-order valence-corrected chi connectivity index (χ2v) is 4.91. The van der Waals surface area contributed by atoms with Crippen LogP contribution in [0.4, 0.5) is 5.69 Å². The maximum absolute atomic E-state index is 9.94. The summed E-state index contributed by atoms with van der Waals surface area (Å²) in [5, 5.41) is 12.0. The molecule has 1 heterocycles. The van der Waals surface area contributed by atoms with Crippen molar-refractivity contribution in [3.05, 3.63) is 54.4 Å². The number of methoxy groups -OCH3 is 2. The number of hydrogen-bond donors (Lipinski definition) is 1. The Balaban J connectivity index is 2.02. The number of hydrogen-bond acceptors (Lipinski definition) is 5. The van der Waals surface area contributed by atoms with Crippen molar-refractivity contribution in [1.82, 2.24) is 4.98 Å². The van der Waals surface area contributed by atoms with Crippen molar-refractivity contribution in [1.29, 1.82) is 0 Å². The van der Waals surface area contributed by atoms with Crippen molar-refractivity contribution >= 4 is 22.7 Å². The van der Waals surface area contributed by atoms with Gasteiger partial charge in [-0.1, -0.05) is 12.1 Å². The van der Waals surface area contributed by atoms with E-state index in [2.05, 4.69) is 9.98 Å². The molecule has 23 heavy (non-hydrogen) atoms. The first-order valence-corrected chi connectivity index (χ1v) is 7.04. The largest absolute Gasteiger partial charge is 0.502 e. The van der Waals surface area contributed by atoms with Gasteiger partial charge in [0, 0.05) is 34.9 Å². The highest BCUT2D eigenvalue weighted by Gasteiger charge is 2.10. The SMILES string of the molecule is COc1cc(C=Nc2cccc3cnccc23)cc(OC)c1O. The number of phenolic OH excluding ortho intramolecular Hbond substituents is 1. The molecule has 0 amide bonds. The van der Waals surface area contributed by atoms with Gasteiger partial charge in [0.25, 0.3) is 0 Å².